The van der Waals surface area contributed by atoms with E-state index in [1.807, 2.05) is 0 Å². The first-order chi connectivity index (χ1) is 7.95. The van der Waals surface area contributed by atoms with Crippen molar-refractivity contribution in [1.82, 2.24) is 5.32 Å². The topological polar surface area (TPSA) is 108 Å². The number of hydrogen-bond donors (Lipinski definition) is 4. The third-order valence-corrected chi connectivity index (χ3v) is 2.42. The molecule has 0 aliphatic heterocycles. The van der Waals surface area contributed by atoms with E-state index in [2.05, 4.69) is 10.5 Å². The lowest BCUT2D eigenvalue weighted by Crippen LogP contribution is -2.42. The number of amidine groups is 1. The molecule has 0 fully saturated rings. The second-order valence-corrected chi connectivity index (χ2v) is 3.79. The Labute approximate surface area is 103 Å². The Balaban J connectivity index is 2.80. The van der Waals surface area contributed by atoms with Gasteiger partial charge in [0.1, 0.15) is 5.75 Å². The number of rotatable bonds is 3. The molecule has 0 aliphatic carbocycles. The highest BCUT2D eigenvalue weighted by molar-refractivity contribution is 6.32. The number of carbonyl (C=O) groups excluding carboxylic acids is 1. The molecular formula is C10H12ClN3O3. The van der Waals surface area contributed by atoms with Gasteiger partial charge >= 0.3 is 0 Å². The molecule has 0 aliphatic rings. The molecule has 1 atom stereocenters. The van der Waals surface area contributed by atoms with Crippen LogP contribution in [0.15, 0.2) is 23.4 Å². The van der Waals surface area contributed by atoms with Crippen LogP contribution in [0.1, 0.15) is 17.3 Å². The van der Waals surface area contributed by atoms with Crippen molar-refractivity contribution in [3.05, 3.63) is 28.8 Å². The standard InChI is InChI=1S/C10H12ClN3O3/c1-5(9(12)14-17)13-10(16)6-2-3-8(15)7(11)4-6/h2-5,15,17H,1H3,(H2,12,14)(H,13,16). The number of phenolic OH excluding ortho intramolecular Hbond substituents is 1. The zero-order valence-corrected chi connectivity index (χ0v) is 9.77. The lowest BCUT2D eigenvalue weighted by Gasteiger charge is -2.12. The monoisotopic (exact) mass is 257 g/mol. The van der Waals surface area contributed by atoms with Crippen molar-refractivity contribution in [2.45, 2.75) is 13.0 Å². The van der Waals surface area contributed by atoms with Crippen LogP contribution in [0.3, 0.4) is 0 Å². The number of nitrogens with two attached hydrogens (primary N) is 1. The molecule has 0 saturated carbocycles. The molecule has 17 heavy (non-hydrogen) atoms. The Hall–Kier alpha value is -1.95. The molecule has 0 saturated heterocycles. The van der Waals surface area contributed by atoms with Gasteiger partial charge in [0.25, 0.3) is 5.91 Å². The number of oxime groups is 1. The lowest BCUT2D eigenvalue weighted by atomic mass is 10.2. The van der Waals surface area contributed by atoms with Gasteiger partial charge in [0.15, 0.2) is 5.84 Å². The Morgan fingerprint density at radius 1 is 1.59 bits per heavy atom. The average Bonchev–Trinajstić information content (AvgIpc) is 2.31. The van der Waals surface area contributed by atoms with Gasteiger partial charge in [-0.1, -0.05) is 16.8 Å². The minimum absolute atomic E-state index is 0.0779. The molecule has 0 aromatic heterocycles. The fourth-order valence-electron chi connectivity index (χ4n) is 1.09. The zero-order valence-electron chi connectivity index (χ0n) is 9.01. The highest BCUT2D eigenvalue weighted by Gasteiger charge is 2.13. The summed E-state index contributed by atoms with van der Waals surface area (Å²) in [5, 5.41) is 23.0. The Morgan fingerprint density at radius 2 is 2.24 bits per heavy atom. The third-order valence-electron chi connectivity index (χ3n) is 2.12. The van der Waals surface area contributed by atoms with Crippen LogP contribution in [0, 0.1) is 0 Å². The summed E-state index contributed by atoms with van der Waals surface area (Å²) >= 11 is 5.67. The first-order valence-electron chi connectivity index (χ1n) is 4.72. The molecular weight excluding hydrogens is 246 g/mol. The summed E-state index contributed by atoms with van der Waals surface area (Å²) in [6.45, 7) is 1.56. The highest BCUT2D eigenvalue weighted by atomic mass is 35.5. The molecule has 1 unspecified atom stereocenters. The maximum absolute atomic E-state index is 11.7. The number of amides is 1. The van der Waals surface area contributed by atoms with Gasteiger partial charge in [-0.15, -0.1) is 0 Å². The Kier molecular flexibility index (Phi) is 4.17. The van der Waals surface area contributed by atoms with E-state index in [1.165, 1.54) is 18.2 Å². The van der Waals surface area contributed by atoms with Crippen LogP contribution in [0.4, 0.5) is 0 Å². The maximum atomic E-state index is 11.7. The van der Waals surface area contributed by atoms with Crippen molar-refractivity contribution in [2.24, 2.45) is 10.9 Å². The minimum atomic E-state index is -0.611. The summed E-state index contributed by atoms with van der Waals surface area (Å²) in [4.78, 5) is 11.7. The predicted molar refractivity (Wildman–Crippen MR) is 63.5 cm³/mol. The molecule has 92 valence electrons. The molecule has 0 radical (unpaired) electrons. The molecule has 1 aromatic rings. The fourth-order valence-corrected chi connectivity index (χ4v) is 1.27. The number of halogens is 1. The van der Waals surface area contributed by atoms with Crippen molar-refractivity contribution >= 4 is 23.3 Å². The number of phenols is 1. The summed E-state index contributed by atoms with van der Waals surface area (Å²) in [5.41, 5.74) is 5.58. The van der Waals surface area contributed by atoms with Gasteiger partial charge in [-0.25, -0.2) is 0 Å². The van der Waals surface area contributed by atoms with Gasteiger partial charge in [-0.3, -0.25) is 4.79 Å². The van der Waals surface area contributed by atoms with Crippen molar-refractivity contribution in [3.63, 3.8) is 0 Å². The highest BCUT2D eigenvalue weighted by Crippen LogP contribution is 2.23. The minimum Gasteiger partial charge on any atom is -0.506 e. The van der Waals surface area contributed by atoms with E-state index in [-0.39, 0.29) is 22.2 Å². The first-order valence-corrected chi connectivity index (χ1v) is 5.10. The van der Waals surface area contributed by atoms with Crippen molar-refractivity contribution in [2.75, 3.05) is 0 Å². The number of hydrogen-bond acceptors (Lipinski definition) is 4. The van der Waals surface area contributed by atoms with Gasteiger partial charge in [0, 0.05) is 5.56 Å². The molecule has 0 bridgehead atoms. The number of benzene rings is 1. The van der Waals surface area contributed by atoms with Gasteiger partial charge in [-0.05, 0) is 25.1 Å². The second kappa shape index (κ2) is 5.40. The summed E-state index contributed by atoms with van der Waals surface area (Å²) in [5.74, 6) is -0.651. The summed E-state index contributed by atoms with van der Waals surface area (Å²) in [6.07, 6.45) is 0. The quantitative estimate of drug-likeness (QED) is 0.279. The summed E-state index contributed by atoms with van der Waals surface area (Å²) < 4.78 is 0. The van der Waals surface area contributed by atoms with Crippen molar-refractivity contribution < 1.29 is 15.1 Å². The Bertz CT molecular complexity index is 462. The molecule has 0 spiro atoms. The van der Waals surface area contributed by atoms with Crippen LogP contribution in [-0.4, -0.2) is 28.1 Å². The van der Waals surface area contributed by atoms with Gasteiger partial charge in [-0.2, -0.15) is 0 Å². The molecule has 1 rings (SSSR count). The summed E-state index contributed by atoms with van der Waals surface area (Å²) in [6, 6.07) is 3.44. The Morgan fingerprint density at radius 3 is 2.76 bits per heavy atom. The number of aromatic hydroxyl groups is 1. The number of nitrogens with zero attached hydrogens (tertiary/aromatic N) is 1. The van der Waals surface area contributed by atoms with E-state index < -0.39 is 11.9 Å². The van der Waals surface area contributed by atoms with Crippen LogP contribution in [0.25, 0.3) is 0 Å². The second-order valence-electron chi connectivity index (χ2n) is 3.39. The van der Waals surface area contributed by atoms with Gasteiger partial charge < -0.3 is 21.4 Å². The van der Waals surface area contributed by atoms with E-state index in [9.17, 15) is 9.90 Å². The van der Waals surface area contributed by atoms with E-state index in [0.717, 1.165) is 0 Å². The maximum Gasteiger partial charge on any atom is 0.251 e. The summed E-state index contributed by atoms with van der Waals surface area (Å²) in [7, 11) is 0. The zero-order chi connectivity index (χ0) is 13.0. The van der Waals surface area contributed by atoms with Crippen LogP contribution in [-0.2, 0) is 0 Å². The van der Waals surface area contributed by atoms with Crippen LogP contribution >= 0.6 is 11.6 Å². The molecule has 5 N–H and O–H groups in total. The number of carbonyl (C=O) groups is 1. The molecule has 6 nitrogen and oxygen atoms in total. The number of nitrogens with one attached hydrogen (secondary N) is 1. The van der Waals surface area contributed by atoms with Crippen LogP contribution < -0.4 is 11.1 Å². The smallest absolute Gasteiger partial charge is 0.251 e. The van der Waals surface area contributed by atoms with Crippen LogP contribution in [0.5, 0.6) is 5.75 Å². The van der Waals surface area contributed by atoms with Crippen molar-refractivity contribution in [1.29, 1.82) is 0 Å². The molecule has 1 aromatic carbocycles. The average molecular weight is 258 g/mol. The van der Waals surface area contributed by atoms with E-state index >= 15 is 0 Å². The third kappa shape index (κ3) is 3.25. The molecule has 0 heterocycles. The van der Waals surface area contributed by atoms with Gasteiger partial charge in [0.2, 0.25) is 0 Å². The lowest BCUT2D eigenvalue weighted by molar-refractivity contribution is 0.0948. The molecule has 1 amide bonds. The van der Waals surface area contributed by atoms with E-state index in [0.29, 0.717) is 0 Å². The van der Waals surface area contributed by atoms with Crippen molar-refractivity contribution in [3.8, 4) is 5.75 Å². The van der Waals surface area contributed by atoms with E-state index in [1.54, 1.807) is 6.92 Å². The predicted octanol–water partition coefficient (Wildman–Crippen LogP) is 0.910. The normalized spacial score (nSPS) is 13.2. The SMILES string of the molecule is CC(NC(=O)c1ccc(O)c(Cl)c1)/C(N)=N/O. The van der Waals surface area contributed by atoms with Crippen LogP contribution in [0.2, 0.25) is 5.02 Å². The molecule has 7 heteroatoms. The largest absolute Gasteiger partial charge is 0.506 e. The van der Waals surface area contributed by atoms with E-state index in [4.69, 9.17) is 22.5 Å². The fraction of sp³-hybridized carbons (Fsp3) is 0.200. The first kappa shape index (κ1) is 13.1. The van der Waals surface area contributed by atoms with Gasteiger partial charge in [0.05, 0.1) is 11.1 Å².